The van der Waals surface area contributed by atoms with Crippen molar-refractivity contribution in [3.63, 3.8) is 0 Å². The SMILES string of the molecule is O=C(CCCNC(=O)OCc1ccccc1)OCc1cc(=O)oc2c3c4c(cc12)CCCN4CCC3. The quantitative estimate of drug-likeness (QED) is 0.286. The van der Waals surface area contributed by atoms with Gasteiger partial charge in [0.1, 0.15) is 18.8 Å². The Bertz CT molecular complexity index is 1320. The maximum Gasteiger partial charge on any atom is 0.407 e. The topological polar surface area (TPSA) is 98.1 Å². The summed E-state index contributed by atoms with van der Waals surface area (Å²) in [6.45, 7) is 2.57. The number of esters is 1. The number of aryl methyl sites for hydroxylation is 2. The van der Waals surface area contributed by atoms with Gasteiger partial charge in [-0.05, 0) is 49.3 Å². The molecule has 0 unspecified atom stereocenters. The van der Waals surface area contributed by atoms with E-state index in [1.165, 1.54) is 17.3 Å². The molecule has 2 aromatic carbocycles. The fourth-order valence-electron chi connectivity index (χ4n) is 5.08. The van der Waals surface area contributed by atoms with Crippen LogP contribution in [-0.4, -0.2) is 31.7 Å². The number of fused-ring (bicyclic) bond motifs is 2. The van der Waals surface area contributed by atoms with Crippen molar-refractivity contribution in [2.45, 2.75) is 51.7 Å². The number of ether oxygens (including phenoxy) is 2. The Kier molecular flexibility index (Phi) is 7.21. The van der Waals surface area contributed by atoms with Crippen LogP contribution in [0.2, 0.25) is 0 Å². The van der Waals surface area contributed by atoms with Crippen molar-refractivity contribution in [1.82, 2.24) is 5.32 Å². The van der Waals surface area contributed by atoms with Gasteiger partial charge in [-0.2, -0.15) is 0 Å². The van der Waals surface area contributed by atoms with Gasteiger partial charge in [-0.1, -0.05) is 30.3 Å². The highest BCUT2D eigenvalue weighted by atomic mass is 16.5. The van der Waals surface area contributed by atoms with Crippen molar-refractivity contribution in [3.05, 3.63) is 75.1 Å². The van der Waals surface area contributed by atoms with Crippen molar-refractivity contribution < 1.29 is 23.5 Å². The third-order valence-electron chi connectivity index (χ3n) is 6.74. The lowest BCUT2D eigenvalue weighted by Gasteiger charge is -2.37. The fraction of sp³-hybridized carbons (Fsp3) is 0.393. The summed E-state index contributed by atoms with van der Waals surface area (Å²) in [7, 11) is 0. The minimum absolute atomic E-state index is 0.00935. The molecule has 0 aliphatic carbocycles. The van der Waals surface area contributed by atoms with Crippen LogP contribution in [0.3, 0.4) is 0 Å². The largest absolute Gasteiger partial charge is 0.461 e. The number of anilines is 1. The third-order valence-corrected chi connectivity index (χ3v) is 6.74. The molecule has 1 aromatic heterocycles. The molecule has 0 atom stereocenters. The number of hydrogen-bond acceptors (Lipinski definition) is 7. The molecule has 8 nitrogen and oxygen atoms in total. The van der Waals surface area contributed by atoms with Gasteiger partial charge in [0.25, 0.3) is 0 Å². The number of hydrogen-bond donors (Lipinski definition) is 1. The molecule has 3 heterocycles. The van der Waals surface area contributed by atoms with Gasteiger partial charge in [0.05, 0.1) is 0 Å². The minimum Gasteiger partial charge on any atom is -0.461 e. The van der Waals surface area contributed by atoms with Gasteiger partial charge < -0.3 is 24.1 Å². The lowest BCUT2D eigenvalue weighted by atomic mass is 9.89. The smallest absolute Gasteiger partial charge is 0.407 e. The summed E-state index contributed by atoms with van der Waals surface area (Å²) in [6.07, 6.45) is 4.05. The zero-order chi connectivity index (χ0) is 24.9. The van der Waals surface area contributed by atoms with Gasteiger partial charge in [-0.15, -0.1) is 0 Å². The van der Waals surface area contributed by atoms with Crippen LogP contribution in [0.25, 0.3) is 11.0 Å². The van der Waals surface area contributed by atoms with E-state index >= 15 is 0 Å². The van der Waals surface area contributed by atoms with E-state index in [4.69, 9.17) is 13.9 Å². The van der Waals surface area contributed by atoms with E-state index in [-0.39, 0.29) is 25.6 Å². The Morgan fingerprint density at radius 3 is 2.64 bits per heavy atom. The Hall–Kier alpha value is -3.81. The Labute approximate surface area is 209 Å². The molecule has 0 fully saturated rings. The predicted octanol–water partition coefficient (Wildman–Crippen LogP) is 4.24. The van der Waals surface area contributed by atoms with E-state index in [0.29, 0.717) is 24.1 Å². The van der Waals surface area contributed by atoms with Gasteiger partial charge in [0, 0.05) is 54.3 Å². The first-order chi connectivity index (χ1) is 17.6. The highest BCUT2D eigenvalue weighted by Gasteiger charge is 2.27. The first-order valence-corrected chi connectivity index (χ1v) is 12.5. The maximum atomic E-state index is 12.3. The standard InChI is InChI=1S/C28H30N2O6/c31-24(11-4-12-29-28(33)35-17-19-7-2-1-3-8-19)34-18-21-16-25(32)36-27-22-10-6-14-30-13-5-9-20(26(22)30)15-23(21)27/h1-3,7-8,15-16H,4-6,9-14,17-18H2,(H,29,33). The van der Waals surface area contributed by atoms with Crippen LogP contribution in [-0.2, 0) is 40.3 Å². The van der Waals surface area contributed by atoms with Crippen LogP contribution >= 0.6 is 0 Å². The number of nitrogens with zero attached hydrogens (tertiary/aromatic N) is 1. The first kappa shape index (κ1) is 23.9. The molecule has 1 N–H and O–H groups in total. The summed E-state index contributed by atoms with van der Waals surface area (Å²) in [5.41, 5.74) is 5.36. The average Bonchev–Trinajstić information content (AvgIpc) is 2.90. The van der Waals surface area contributed by atoms with Crippen molar-refractivity contribution in [2.75, 3.05) is 24.5 Å². The molecule has 188 valence electrons. The Morgan fingerprint density at radius 1 is 1.00 bits per heavy atom. The molecule has 2 aliphatic heterocycles. The molecular formula is C28H30N2O6. The first-order valence-electron chi connectivity index (χ1n) is 12.5. The second-order valence-electron chi connectivity index (χ2n) is 9.28. The fourth-order valence-corrected chi connectivity index (χ4v) is 5.08. The molecule has 5 rings (SSSR count). The van der Waals surface area contributed by atoms with Crippen LogP contribution in [0.15, 0.2) is 51.7 Å². The number of alkyl carbamates (subject to hydrolysis) is 1. The predicted molar refractivity (Wildman–Crippen MR) is 135 cm³/mol. The van der Waals surface area contributed by atoms with Crippen LogP contribution in [0.5, 0.6) is 0 Å². The molecule has 2 aliphatic rings. The van der Waals surface area contributed by atoms with Crippen LogP contribution in [0.1, 0.15) is 47.9 Å². The number of nitrogens with one attached hydrogen (secondary N) is 1. The third kappa shape index (κ3) is 5.37. The molecule has 8 heteroatoms. The lowest BCUT2D eigenvalue weighted by Crippen LogP contribution is -2.34. The minimum atomic E-state index is -0.527. The number of benzene rings is 2. The number of carbonyl (C=O) groups is 2. The van der Waals surface area contributed by atoms with Crippen molar-refractivity contribution in [2.24, 2.45) is 0 Å². The zero-order valence-corrected chi connectivity index (χ0v) is 20.2. The molecule has 0 saturated heterocycles. The normalized spacial score (nSPS) is 14.3. The second kappa shape index (κ2) is 10.8. The Balaban J connectivity index is 1.15. The van der Waals surface area contributed by atoms with Crippen LogP contribution in [0.4, 0.5) is 10.5 Å². The van der Waals surface area contributed by atoms with E-state index < -0.39 is 11.7 Å². The van der Waals surface area contributed by atoms with E-state index in [0.717, 1.165) is 55.3 Å². The average molecular weight is 491 g/mol. The highest BCUT2D eigenvalue weighted by Crippen LogP contribution is 2.40. The van der Waals surface area contributed by atoms with Gasteiger partial charge in [-0.25, -0.2) is 9.59 Å². The molecule has 0 radical (unpaired) electrons. The van der Waals surface area contributed by atoms with Gasteiger partial charge in [0.2, 0.25) is 0 Å². The molecule has 1 amide bonds. The monoisotopic (exact) mass is 490 g/mol. The van der Waals surface area contributed by atoms with E-state index in [1.54, 1.807) is 0 Å². The van der Waals surface area contributed by atoms with Gasteiger partial charge in [0.15, 0.2) is 0 Å². The molecule has 3 aromatic rings. The van der Waals surface area contributed by atoms with Gasteiger partial charge >= 0.3 is 17.7 Å². The molecule has 0 bridgehead atoms. The van der Waals surface area contributed by atoms with E-state index in [2.05, 4.69) is 16.3 Å². The summed E-state index contributed by atoms with van der Waals surface area (Å²) < 4.78 is 16.3. The molecule has 0 spiro atoms. The summed E-state index contributed by atoms with van der Waals surface area (Å²) >= 11 is 0. The van der Waals surface area contributed by atoms with Crippen molar-refractivity contribution in [1.29, 1.82) is 0 Å². The highest BCUT2D eigenvalue weighted by molar-refractivity contribution is 5.90. The Morgan fingerprint density at radius 2 is 1.81 bits per heavy atom. The molecule has 36 heavy (non-hydrogen) atoms. The zero-order valence-electron chi connectivity index (χ0n) is 20.2. The lowest BCUT2D eigenvalue weighted by molar-refractivity contribution is -0.145. The number of rotatable bonds is 8. The van der Waals surface area contributed by atoms with Crippen molar-refractivity contribution in [3.8, 4) is 0 Å². The van der Waals surface area contributed by atoms with Crippen LogP contribution < -0.4 is 15.8 Å². The molecule has 0 saturated carbocycles. The number of carbonyl (C=O) groups excluding carboxylic acids is 2. The maximum absolute atomic E-state index is 12.3. The van der Waals surface area contributed by atoms with E-state index in [9.17, 15) is 14.4 Å². The molecular weight excluding hydrogens is 460 g/mol. The number of amides is 1. The van der Waals surface area contributed by atoms with Crippen molar-refractivity contribution >= 4 is 28.7 Å². The van der Waals surface area contributed by atoms with Crippen LogP contribution in [0, 0.1) is 0 Å². The summed E-state index contributed by atoms with van der Waals surface area (Å²) in [6, 6.07) is 12.9. The van der Waals surface area contributed by atoms with Gasteiger partial charge in [-0.3, -0.25) is 4.79 Å². The summed E-state index contributed by atoms with van der Waals surface area (Å²) in [4.78, 5) is 38.9. The second-order valence-corrected chi connectivity index (χ2v) is 9.28. The summed E-state index contributed by atoms with van der Waals surface area (Å²) in [5, 5.41) is 3.49. The summed E-state index contributed by atoms with van der Waals surface area (Å²) in [5.74, 6) is -0.388. The van der Waals surface area contributed by atoms with E-state index in [1.807, 2.05) is 30.3 Å².